The number of amides is 1. The van der Waals surface area contributed by atoms with Crippen molar-refractivity contribution in [1.29, 1.82) is 0 Å². The second-order valence-electron chi connectivity index (χ2n) is 6.34. The summed E-state index contributed by atoms with van der Waals surface area (Å²) in [7, 11) is 1.56. The highest BCUT2D eigenvalue weighted by Gasteiger charge is 2.20. The first-order valence-electron chi connectivity index (χ1n) is 9.03. The van der Waals surface area contributed by atoms with E-state index in [0.29, 0.717) is 5.75 Å². The van der Waals surface area contributed by atoms with Gasteiger partial charge in [0.1, 0.15) is 11.6 Å². The van der Waals surface area contributed by atoms with E-state index in [9.17, 15) is 19.3 Å². The Balaban J connectivity index is 1.77. The molecule has 1 atom stereocenters. The molecule has 0 saturated carbocycles. The lowest BCUT2D eigenvalue weighted by Crippen LogP contribution is -2.33. The van der Waals surface area contributed by atoms with Crippen LogP contribution < -0.4 is 14.8 Å². The molecule has 0 aliphatic heterocycles. The van der Waals surface area contributed by atoms with Crippen LogP contribution in [0.1, 0.15) is 17.2 Å². The van der Waals surface area contributed by atoms with Gasteiger partial charge in [0.2, 0.25) is 5.75 Å². The van der Waals surface area contributed by atoms with E-state index in [1.807, 2.05) is 42.5 Å². The van der Waals surface area contributed by atoms with E-state index >= 15 is 0 Å². The Labute approximate surface area is 172 Å². The van der Waals surface area contributed by atoms with E-state index in [0.717, 1.165) is 29.3 Å². The average molecular weight is 410 g/mol. The molecule has 1 amide bonds. The van der Waals surface area contributed by atoms with E-state index in [2.05, 4.69) is 5.32 Å². The monoisotopic (exact) mass is 410 g/mol. The van der Waals surface area contributed by atoms with Gasteiger partial charge in [-0.2, -0.15) is 0 Å². The van der Waals surface area contributed by atoms with Gasteiger partial charge in [-0.1, -0.05) is 42.5 Å². The Morgan fingerprint density at radius 2 is 1.73 bits per heavy atom. The van der Waals surface area contributed by atoms with Gasteiger partial charge in [-0.05, 0) is 29.3 Å². The minimum absolute atomic E-state index is 0.309. The summed E-state index contributed by atoms with van der Waals surface area (Å²) in [6, 6.07) is 18.9. The van der Waals surface area contributed by atoms with Crippen LogP contribution >= 0.6 is 0 Å². The van der Waals surface area contributed by atoms with Crippen LogP contribution in [0.25, 0.3) is 0 Å². The maximum Gasteiger partial charge on any atom is 0.311 e. The highest BCUT2D eigenvalue weighted by molar-refractivity contribution is 5.78. The summed E-state index contributed by atoms with van der Waals surface area (Å²) in [6.45, 7) is -0.510. The number of carbonyl (C=O) groups is 1. The van der Waals surface area contributed by atoms with E-state index in [1.54, 1.807) is 19.2 Å². The molecular formula is C22H19FN2O5. The molecule has 0 saturated heterocycles. The zero-order valence-corrected chi connectivity index (χ0v) is 16.1. The van der Waals surface area contributed by atoms with Gasteiger partial charge in [0.15, 0.2) is 6.61 Å². The molecule has 0 spiro atoms. The Kier molecular flexibility index (Phi) is 6.59. The van der Waals surface area contributed by atoms with Gasteiger partial charge in [-0.15, -0.1) is 0 Å². The minimum atomic E-state index is -0.698. The van der Waals surface area contributed by atoms with Gasteiger partial charge in [-0.3, -0.25) is 14.9 Å². The minimum Gasteiger partial charge on any atom is -0.497 e. The maximum atomic E-state index is 13.4. The van der Waals surface area contributed by atoms with Crippen LogP contribution in [-0.4, -0.2) is 24.5 Å². The fourth-order valence-electron chi connectivity index (χ4n) is 2.90. The van der Waals surface area contributed by atoms with Crippen LogP contribution in [0.3, 0.4) is 0 Å². The third-order valence-electron chi connectivity index (χ3n) is 4.36. The van der Waals surface area contributed by atoms with Gasteiger partial charge in [0.05, 0.1) is 18.1 Å². The molecule has 3 rings (SSSR count). The molecule has 30 heavy (non-hydrogen) atoms. The molecule has 1 N–H and O–H groups in total. The summed E-state index contributed by atoms with van der Waals surface area (Å²) >= 11 is 0. The number of halogens is 1. The summed E-state index contributed by atoms with van der Waals surface area (Å²) in [4.78, 5) is 22.9. The van der Waals surface area contributed by atoms with Crippen LogP contribution in [0.4, 0.5) is 10.1 Å². The number of nitrogens with zero attached hydrogens (tertiary/aromatic N) is 1. The summed E-state index contributed by atoms with van der Waals surface area (Å²) in [5.74, 6) is -0.843. The van der Waals surface area contributed by atoms with E-state index in [1.165, 1.54) is 0 Å². The molecule has 7 nitrogen and oxygen atoms in total. The number of rotatable bonds is 8. The third-order valence-corrected chi connectivity index (χ3v) is 4.36. The van der Waals surface area contributed by atoms with Gasteiger partial charge in [0.25, 0.3) is 5.91 Å². The highest BCUT2D eigenvalue weighted by atomic mass is 19.1. The molecule has 0 aliphatic rings. The lowest BCUT2D eigenvalue weighted by atomic mass is 9.98. The topological polar surface area (TPSA) is 90.7 Å². The van der Waals surface area contributed by atoms with Crippen molar-refractivity contribution in [2.24, 2.45) is 0 Å². The predicted octanol–water partition coefficient (Wildman–Crippen LogP) is 4.03. The van der Waals surface area contributed by atoms with Gasteiger partial charge in [0, 0.05) is 12.1 Å². The average Bonchev–Trinajstić information content (AvgIpc) is 2.76. The number of ether oxygens (including phenoxy) is 2. The molecule has 0 aliphatic carbocycles. The van der Waals surface area contributed by atoms with Crippen LogP contribution in [0.2, 0.25) is 0 Å². The zero-order valence-electron chi connectivity index (χ0n) is 16.1. The summed E-state index contributed by atoms with van der Waals surface area (Å²) in [5.41, 5.74) is 1.24. The number of methoxy groups -OCH3 is 1. The SMILES string of the molecule is COc1ccc([C@@H](NC(=O)COc2cc(F)ccc2[N+](=O)[O-])c2ccccc2)cc1. The second-order valence-corrected chi connectivity index (χ2v) is 6.34. The van der Waals surface area contributed by atoms with Crippen molar-refractivity contribution >= 4 is 11.6 Å². The van der Waals surface area contributed by atoms with Crippen LogP contribution in [0.5, 0.6) is 11.5 Å². The predicted molar refractivity (Wildman–Crippen MR) is 108 cm³/mol. The fraction of sp³-hybridized carbons (Fsp3) is 0.136. The van der Waals surface area contributed by atoms with Crippen molar-refractivity contribution in [1.82, 2.24) is 5.32 Å². The normalized spacial score (nSPS) is 11.4. The summed E-state index contributed by atoms with van der Waals surface area (Å²) in [5, 5.41) is 13.9. The van der Waals surface area contributed by atoms with Gasteiger partial charge >= 0.3 is 5.69 Å². The van der Waals surface area contributed by atoms with E-state index in [-0.39, 0.29) is 5.75 Å². The van der Waals surface area contributed by atoms with Crippen LogP contribution in [0.15, 0.2) is 72.8 Å². The fourth-order valence-corrected chi connectivity index (χ4v) is 2.90. The lowest BCUT2D eigenvalue weighted by Gasteiger charge is -2.20. The van der Waals surface area contributed by atoms with Crippen LogP contribution in [0, 0.1) is 15.9 Å². The first-order chi connectivity index (χ1) is 14.5. The first-order valence-corrected chi connectivity index (χ1v) is 9.03. The van der Waals surface area contributed by atoms with E-state index < -0.39 is 35.0 Å². The van der Waals surface area contributed by atoms with Gasteiger partial charge in [-0.25, -0.2) is 4.39 Å². The van der Waals surface area contributed by atoms with Crippen LogP contribution in [-0.2, 0) is 4.79 Å². The highest BCUT2D eigenvalue weighted by Crippen LogP contribution is 2.28. The Hall–Kier alpha value is -3.94. The maximum absolute atomic E-state index is 13.4. The molecule has 0 radical (unpaired) electrons. The Morgan fingerprint density at radius 1 is 1.07 bits per heavy atom. The molecule has 3 aromatic carbocycles. The molecule has 3 aromatic rings. The molecule has 0 unspecified atom stereocenters. The largest absolute Gasteiger partial charge is 0.497 e. The lowest BCUT2D eigenvalue weighted by molar-refractivity contribution is -0.385. The summed E-state index contributed by atoms with van der Waals surface area (Å²) < 4.78 is 23.8. The number of nitro benzene ring substituents is 1. The number of carbonyl (C=O) groups excluding carboxylic acids is 1. The standard InChI is InChI=1S/C22H19FN2O5/c1-29-18-10-7-16(8-11-18)22(15-5-3-2-4-6-15)24-21(26)14-30-20-13-17(23)9-12-19(20)25(27)28/h2-13,22H,14H2,1H3,(H,24,26)/t22-/m0/s1. The van der Waals surface area contributed by atoms with Crippen molar-refractivity contribution in [3.05, 3.63) is 99.9 Å². The molecular weight excluding hydrogens is 391 g/mol. The first kappa shape index (κ1) is 20.8. The van der Waals surface area contributed by atoms with Gasteiger partial charge < -0.3 is 14.8 Å². The molecule has 0 aromatic heterocycles. The number of nitro groups is 1. The number of hydrogen-bond donors (Lipinski definition) is 1. The smallest absolute Gasteiger partial charge is 0.311 e. The zero-order chi connectivity index (χ0) is 21.5. The van der Waals surface area contributed by atoms with Crippen molar-refractivity contribution in [3.63, 3.8) is 0 Å². The van der Waals surface area contributed by atoms with Crippen molar-refractivity contribution in [3.8, 4) is 11.5 Å². The molecule has 0 fully saturated rings. The number of hydrogen-bond acceptors (Lipinski definition) is 5. The van der Waals surface area contributed by atoms with Crippen molar-refractivity contribution < 1.29 is 23.6 Å². The molecule has 8 heteroatoms. The number of benzene rings is 3. The molecule has 154 valence electrons. The molecule has 0 bridgehead atoms. The van der Waals surface area contributed by atoms with Crippen molar-refractivity contribution in [2.45, 2.75) is 6.04 Å². The summed E-state index contributed by atoms with van der Waals surface area (Å²) in [6.07, 6.45) is 0. The molecule has 0 heterocycles. The quantitative estimate of drug-likeness (QED) is 0.447. The Morgan fingerprint density at radius 3 is 2.37 bits per heavy atom. The third kappa shape index (κ3) is 5.11. The van der Waals surface area contributed by atoms with E-state index in [4.69, 9.17) is 9.47 Å². The van der Waals surface area contributed by atoms with Crippen molar-refractivity contribution in [2.75, 3.05) is 13.7 Å². The number of nitrogens with one attached hydrogen (secondary N) is 1. The Bertz CT molecular complexity index is 1030. The second kappa shape index (κ2) is 9.51.